The van der Waals surface area contributed by atoms with Gasteiger partial charge < -0.3 is 19.9 Å². The summed E-state index contributed by atoms with van der Waals surface area (Å²) in [6.45, 7) is 1.11. The standard InChI is InChI=1S/C21H22FN3O4/c22-17-8-4-5-9-18(17)24-10-12-25(13-11-24)19(26)15-29-20(27)14-23-21(28)16-6-2-1-3-7-16/h1-9H,10-15H2,(H,23,28). The third kappa shape index (κ3) is 5.54. The summed E-state index contributed by atoms with van der Waals surface area (Å²) >= 11 is 0. The highest BCUT2D eigenvalue weighted by Crippen LogP contribution is 2.20. The van der Waals surface area contributed by atoms with Gasteiger partial charge in [0.15, 0.2) is 6.61 Å². The van der Waals surface area contributed by atoms with Crippen LogP contribution in [0.25, 0.3) is 0 Å². The van der Waals surface area contributed by atoms with E-state index in [2.05, 4.69) is 5.32 Å². The van der Waals surface area contributed by atoms with E-state index in [9.17, 15) is 18.8 Å². The van der Waals surface area contributed by atoms with Gasteiger partial charge in [0.05, 0.1) is 5.69 Å². The summed E-state index contributed by atoms with van der Waals surface area (Å²) in [7, 11) is 0. The molecule has 1 heterocycles. The van der Waals surface area contributed by atoms with Crippen molar-refractivity contribution in [3.63, 3.8) is 0 Å². The number of hydrogen-bond donors (Lipinski definition) is 1. The van der Waals surface area contributed by atoms with Gasteiger partial charge in [-0.15, -0.1) is 0 Å². The van der Waals surface area contributed by atoms with Gasteiger partial charge in [0.1, 0.15) is 12.4 Å². The topological polar surface area (TPSA) is 78.9 Å². The number of halogens is 1. The van der Waals surface area contributed by atoms with Crippen molar-refractivity contribution in [2.24, 2.45) is 0 Å². The lowest BCUT2D eigenvalue weighted by Crippen LogP contribution is -2.50. The zero-order valence-electron chi connectivity index (χ0n) is 15.8. The van der Waals surface area contributed by atoms with Crippen LogP contribution in [0.15, 0.2) is 54.6 Å². The van der Waals surface area contributed by atoms with E-state index in [1.54, 1.807) is 53.4 Å². The molecule has 152 valence electrons. The number of carbonyl (C=O) groups excluding carboxylic acids is 3. The van der Waals surface area contributed by atoms with Crippen LogP contribution >= 0.6 is 0 Å². The van der Waals surface area contributed by atoms with Gasteiger partial charge in [-0.2, -0.15) is 0 Å². The molecule has 0 saturated carbocycles. The molecular weight excluding hydrogens is 377 g/mol. The number of ether oxygens (including phenoxy) is 1. The summed E-state index contributed by atoms with van der Waals surface area (Å²) in [6, 6.07) is 15.0. The average molecular weight is 399 g/mol. The third-order valence-corrected chi connectivity index (χ3v) is 4.61. The lowest BCUT2D eigenvalue weighted by atomic mass is 10.2. The molecule has 1 N–H and O–H groups in total. The summed E-state index contributed by atoms with van der Waals surface area (Å²) < 4.78 is 18.8. The lowest BCUT2D eigenvalue weighted by Gasteiger charge is -2.36. The molecule has 0 atom stereocenters. The van der Waals surface area contributed by atoms with Crippen molar-refractivity contribution >= 4 is 23.5 Å². The molecule has 1 aliphatic heterocycles. The Bertz CT molecular complexity index is 867. The number of para-hydroxylation sites is 1. The summed E-state index contributed by atoms with van der Waals surface area (Å²) in [5.41, 5.74) is 0.948. The van der Waals surface area contributed by atoms with Crippen molar-refractivity contribution in [3.8, 4) is 0 Å². The van der Waals surface area contributed by atoms with Gasteiger partial charge in [-0.1, -0.05) is 30.3 Å². The normalized spacial score (nSPS) is 13.7. The number of anilines is 1. The van der Waals surface area contributed by atoms with Gasteiger partial charge in [-0.05, 0) is 24.3 Å². The number of nitrogens with one attached hydrogen (secondary N) is 1. The van der Waals surface area contributed by atoms with Crippen LogP contribution in [0.5, 0.6) is 0 Å². The monoisotopic (exact) mass is 399 g/mol. The Morgan fingerprint density at radius 3 is 2.28 bits per heavy atom. The van der Waals surface area contributed by atoms with Gasteiger partial charge in [0.2, 0.25) is 0 Å². The molecule has 29 heavy (non-hydrogen) atoms. The van der Waals surface area contributed by atoms with Crippen molar-refractivity contribution in [1.82, 2.24) is 10.2 Å². The summed E-state index contributed by atoms with van der Waals surface area (Å²) in [6.07, 6.45) is 0. The third-order valence-electron chi connectivity index (χ3n) is 4.61. The van der Waals surface area contributed by atoms with Crippen LogP contribution in [0.1, 0.15) is 10.4 Å². The molecule has 0 bridgehead atoms. The highest BCUT2D eigenvalue weighted by molar-refractivity contribution is 5.96. The van der Waals surface area contributed by atoms with Gasteiger partial charge in [0, 0.05) is 31.7 Å². The van der Waals surface area contributed by atoms with Crippen molar-refractivity contribution in [2.45, 2.75) is 0 Å². The minimum Gasteiger partial charge on any atom is -0.454 e. The molecule has 0 aromatic heterocycles. The van der Waals surface area contributed by atoms with E-state index < -0.39 is 11.9 Å². The van der Waals surface area contributed by atoms with Crippen molar-refractivity contribution in [1.29, 1.82) is 0 Å². The maximum Gasteiger partial charge on any atom is 0.325 e. The number of amides is 2. The zero-order chi connectivity index (χ0) is 20.6. The predicted molar refractivity (Wildman–Crippen MR) is 105 cm³/mol. The molecular formula is C21H22FN3O4. The van der Waals surface area contributed by atoms with Crippen LogP contribution in [-0.4, -0.2) is 62.0 Å². The fourth-order valence-electron chi connectivity index (χ4n) is 3.03. The molecule has 1 saturated heterocycles. The van der Waals surface area contributed by atoms with Crippen LogP contribution in [-0.2, 0) is 14.3 Å². The van der Waals surface area contributed by atoms with Crippen LogP contribution in [0.4, 0.5) is 10.1 Å². The molecule has 0 unspecified atom stereocenters. The van der Waals surface area contributed by atoms with Crippen molar-refractivity contribution < 1.29 is 23.5 Å². The van der Waals surface area contributed by atoms with Gasteiger partial charge in [-0.3, -0.25) is 14.4 Å². The largest absolute Gasteiger partial charge is 0.454 e. The minimum atomic E-state index is -0.687. The lowest BCUT2D eigenvalue weighted by molar-refractivity contribution is -0.151. The molecule has 3 rings (SSSR count). The van der Waals surface area contributed by atoms with Crippen LogP contribution in [0.2, 0.25) is 0 Å². The fourth-order valence-corrected chi connectivity index (χ4v) is 3.03. The van der Waals surface area contributed by atoms with Crippen LogP contribution in [0, 0.1) is 5.82 Å². The second-order valence-corrected chi connectivity index (χ2v) is 6.53. The second kappa shape index (κ2) is 9.68. The first-order chi connectivity index (χ1) is 14.0. The van der Waals surface area contributed by atoms with E-state index in [4.69, 9.17) is 4.74 Å². The van der Waals surface area contributed by atoms with E-state index >= 15 is 0 Å². The molecule has 2 amide bonds. The molecule has 1 fully saturated rings. The fraction of sp³-hybridized carbons (Fsp3) is 0.286. The molecule has 0 aliphatic carbocycles. The van der Waals surface area contributed by atoms with Crippen LogP contribution < -0.4 is 10.2 Å². The molecule has 7 nitrogen and oxygen atoms in total. The Labute approximate surface area is 168 Å². The highest BCUT2D eigenvalue weighted by atomic mass is 19.1. The SMILES string of the molecule is O=C(CNC(=O)c1ccccc1)OCC(=O)N1CCN(c2ccccc2F)CC1. The average Bonchev–Trinajstić information content (AvgIpc) is 2.77. The van der Waals surface area contributed by atoms with E-state index in [0.29, 0.717) is 37.4 Å². The number of nitrogens with zero attached hydrogens (tertiary/aromatic N) is 2. The molecule has 0 radical (unpaired) electrons. The maximum atomic E-state index is 13.9. The Morgan fingerprint density at radius 1 is 0.931 bits per heavy atom. The molecule has 8 heteroatoms. The van der Waals surface area contributed by atoms with Crippen molar-refractivity contribution in [2.75, 3.05) is 44.2 Å². The number of piperazine rings is 1. The molecule has 2 aromatic rings. The molecule has 1 aliphatic rings. The molecule has 0 spiro atoms. The Hall–Kier alpha value is -3.42. The summed E-state index contributed by atoms with van der Waals surface area (Å²) in [5.74, 6) is -1.69. The second-order valence-electron chi connectivity index (χ2n) is 6.53. The first-order valence-corrected chi connectivity index (χ1v) is 9.30. The first-order valence-electron chi connectivity index (χ1n) is 9.30. The number of benzene rings is 2. The first kappa shape index (κ1) is 20.3. The van der Waals surface area contributed by atoms with Gasteiger partial charge in [0.25, 0.3) is 11.8 Å². The highest BCUT2D eigenvalue weighted by Gasteiger charge is 2.23. The minimum absolute atomic E-state index is 0.293. The maximum absolute atomic E-state index is 13.9. The Morgan fingerprint density at radius 2 is 1.59 bits per heavy atom. The Kier molecular flexibility index (Phi) is 6.78. The number of esters is 1. The quantitative estimate of drug-likeness (QED) is 0.744. The predicted octanol–water partition coefficient (Wildman–Crippen LogP) is 1.45. The van der Waals surface area contributed by atoms with E-state index in [-0.39, 0.29) is 24.9 Å². The number of hydrogen-bond acceptors (Lipinski definition) is 5. The summed E-state index contributed by atoms with van der Waals surface area (Å²) in [5, 5.41) is 2.45. The van der Waals surface area contributed by atoms with E-state index in [0.717, 1.165) is 0 Å². The van der Waals surface area contributed by atoms with E-state index in [1.807, 2.05) is 4.90 Å². The summed E-state index contributed by atoms with van der Waals surface area (Å²) in [4.78, 5) is 39.4. The van der Waals surface area contributed by atoms with Gasteiger partial charge in [-0.25, -0.2) is 4.39 Å². The zero-order valence-corrected chi connectivity index (χ0v) is 15.8. The number of rotatable bonds is 6. The number of carbonyl (C=O) groups is 3. The molecule has 2 aromatic carbocycles. The Balaban J connectivity index is 1.38. The van der Waals surface area contributed by atoms with Gasteiger partial charge >= 0.3 is 5.97 Å². The van der Waals surface area contributed by atoms with E-state index in [1.165, 1.54) is 6.07 Å². The smallest absolute Gasteiger partial charge is 0.325 e. The van der Waals surface area contributed by atoms with Crippen molar-refractivity contribution in [3.05, 3.63) is 66.0 Å². The van der Waals surface area contributed by atoms with Crippen LogP contribution in [0.3, 0.4) is 0 Å².